The molecule has 0 unspecified atom stereocenters. The highest BCUT2D eigenvalue weighted by atomic mass is 16.2. The van der Waals surface area contributed by atoms with Crippen LogP contribution in [0.25, 0.3) is 0 Å². The normalized spacial score (nSPS) is 15.6. The molecule has 0 spiro atoms. The Morgan fingerprint density at radius 1 is 1.50 bits per heavy atom. The average Bonchev–Trinajstić information content (AvgIpc) is 3.10. The molecule has 0 aromatic carbocycles. The van der Waals surface area contributed by atoms with Gasteiger partial charge in [0, 0.05) is 6.54 Å². The minimum Gasteiger partial charge on any atom is -0.330 e. The third-order valence-corrected chi connectivity index (χ3v) is 3.43. The van der Waals surface area contributed by atoms with Gasteiger partial charge in [0.15, 0.2) is 0 Å². The lowest BCUT2D eigenvalue weighted by molar-refractivity contribution is -0.136. The smallest absolute Gasteiger partial charge is 0.243 e. The van der Waals surface area contributed by atoms with E-state index in [1.165, 1.54) is 12.8 Å². The van der Waals surface area contributed by atoms with Gasteiger partial charge in [-0.25, -0.2) is 0 Å². The van der Waals surface area contributed by atoms with Crippen molar-refractivity contribution in [3.8, 4) is 12.3 Å². The van der Waals surface area contributed by atoms with Crippen LogP contribution in [0.3, 0.4) is 0 Å². The van der Waals surface area contributed by atoms with Gasteiger partial charge in [0.1, 0.15) is 0 Å². The molecule has 0 heterocycles. The number of terminal acetylenes is 1. The third kappa shape index (κ3) is 2.99. The number of nitrogens with zero attached hydrogens (tertiary/aromatic N) is 1. The minimum atomic E-state index is -0.730. The lowest BCUT2D eigenvalue weighted by Crippen LogP contribution is -2.55. The second kappa shape index (κ2) is 5.36. The van der Waals surface area contributed by atoms with Gasteiger partial charge >= 0.3 is 0 Å². The van der Waals surface area contributed by atoms with Gasteiger partial charge in [-0.15, -0.1) is 6.42 Å². The molecule has 3 heteroatoms. The Morgan fingerprint density at radius 2 is 2.06 bits per heavy atom. The number of amides is 1. The van der Waals surface area contributed by atoms with Crippen molar-refractivity contribution in [2.45, 2.75) is 45.1 Å². The number of nitrogens with two attached hydrogens (primary N) is 1. The first-order valence-corrected chi connectivity index (χ1v) is 6.09. The molecule has 16 heavy (non-hydrogen) atoms. The number of carbonyl (C=O) groups excluding carboxylic acids is 1. The molecule has 1 aliphatic carbocycles. The van der Waals surface area contributed by atoms with E-state index in [1.54, 1.807) is 4.90 Å². The Balaban J connectivity index is 2.68. The Hall–Kier alpha value is -1.01. The van der Waals surface area contributed by atoms with Crippen LogP contribution in [0.15, 0.2) is 0 Å². The van der Waals surface area contributed by atoms with Gasteiger partial charge in [0.25, 0.3) is 0 Å². The molecule has 0 aromatic heterocycles. The summed E-state index contributed by atoms with van der Waals surface area (Å²) in [6.07, 6.45) is 9.05. The maximum Gasteiger partial charge on any atom is 0.243 e. The predicted molar refractivity (Wildman–Crippen MR) is 65.6 cm³/mol. The van der Waals surface area contributed by atoms with Crippen LogP contribution in [0.4, 0.5) is 0 Å². The molecule has 1 fully saturated rings. The van der Waals surface area contributed by atoms with Gasteiger partial charge in [0.2, 0.25) is 5.91 Å². The maximum atomic E-state index is 12.3. The van der Waals surface area contributed by atoms with E-state index in [0.29, 0.717) is 25.3 Å². The van der Waals surface area contributed by atoms with Crippen molar-refractivity contribution in [2.75, 3.05) is 13.1 Å². The Kier molecular flexibility index (Phi) is 4.37. The standard InChI is InChI=1S/C13H22N2O/c1-4-9-15(10-11-7-8-11)12(16)13(14,5-2)6-3/h1,11H,5-10,14H2,2-3H3. The molecule has 1 amide bonds. The van der Waals surface area contributed by atoms with E-state index in [-0.39, 0.29) is 5.91 Å². The summed E-state index contributed by atoms with van der Waals surface area (Å²) in [6.45, 7) is 5.06. The molecule has 0 radical (unpaired) electrons. The summed E-state index contributed by atoms with van der Waals surface area (Å²) in [5.41, 5.74) is 5.38. The largest absolute Gasteiger partial charge is 0.330 e. The molecule has 90 valence electrons. The maximum absolute atomic E-state index is 12.3. The van der Waals surface area contributed by atoms with E-state index in [4.69, 9.17) is 12.2 Å². The lowest BCUT2D eigenvalue weighted by Gasteiger charge is -2.32. The van der Waals surface area contributed by atoms with E-state index in [0.717, 1.165) is 6.54 Å². The van der Waals surface area contributed by atoms with E-state index < -0.39 is 5.54 Å². The number of hydrogen-bond acceptors (Lipinski definition) is 2. The fourth-order valence-electron chi connectivity index (χ4n) is 1.81. The van der Waals surface area contributed by atoms with Crippen LogP contribution in [-0.2, 0) is 4.79 Å². The van der Waals surface area contributed by atoms with Crippen LogP contribution in [0.1, 0.15) is 39.5 Å². The first kappa shape index (κ1) is 13.1. The fourth-order valence-corrected chi connectivity index (χ4v) is 1.81. The first-order valence-electron chi connectivity index (χ1n) is 6.09. The van der Waals surface area contributed by atoms with Crippen molar-refractivity contribution in [2.24, 2.45) is 11.7 Å². The summed E-state index contributed by atoms with van der Waals surface area (Å²) in [6, 6.07) is 0. The number of rotatable bonds is 6. The number of carbonyl (C=O) groups is 1. The van der Waals surface area contributed by atoms with Gasteiger partial charge in [0.05, 0.1) is 12.1 Å². The highest BCUT2D eigenvalue weighted by molar-refractivity contribution is 5.86. The van der Waals surface area contributed by atoms with Crippen LogP contribution in [0.2, 0.25) is 0 Å². The van der Waals surface area contributed by atoms with Gasteiger partial charge in [-0.1, -0.05) is 19.8 Å². The van der Waals surface area contributed by atoms with Crippen molar-refractivity contribution in [3.63, 3.8) is 0 Å². The Bertz CT molecular complexity index is 285. The van der Waals surface area contributed by atoms with E-state index in [2.05, 4.69) is 5.92 Å². The van der Waals surface area contributed by atoms with Crippen molar-refractivity contribution < 1.29 is 4.79 Å². The van der Waals surface area contributed by atoms with Crippen LogP contribution >= 0.6 is 0 Å². The molecule has 1 saturated carbocycles. The predicted octanol–water partition coefficient (Wildman–Crippen LogP) is 1.38. The Labute approximate surface area is 98.4 Å². The molecule has 0 aliphatic heterocycles. The zero-order valence-corrected chi connectivity index (χ0v) is 10.3. The molecule has 0 atom stereocenters. The van der Waals surface area contributed by atoms with E-state index >= 15 is 0 Å². The molecular formula is C13H22N2O. The molecule has 0 bridgehead atoms. The highest BCUT2D eigenvalue weighted by Crippen LogP contribution is 2.30. The summed E-state index contributed by atoms with van der Waals surface area (Å²) >= 11 is 0. The third-order valence-electron chi connectivity index (χ3n) is 3.43. The monoisotopic (exact) mass is 222 g/mol. The zero-order valence-electron chi connectivity index (χ0n) is 10.3. The number of hydrogen-bond donors (Lipinski definition) is 1. The summed E-state index contributed by atoms with van der Waals surface area (Å²) in [5, 5.41) is 0. The molecule has 0 saturated heterocycles. The average molecular weight is 222 g/mol. The molecule has 1 rings (SSSR count). The van der Waals surface area contributed by atoms with Crippen LogP contribution in [-0.4, -0.2) is 29.4 Å². The van der Waals surface area contributed by atoms with Crippen molar-refractivity contribution in [1.82, 2.24) is 4.90 Å². The van der Waals surface area contributed by atoms with Gasteiger partial charge < -0.3 is 10.6 Å². The summed E-state index contributed by atoms with van der Waals surface area (Å²) < 4.78 is 0. The first-order chi connectivity index (χ1) is 7.57. The second-order valence-electron chi connectivity index (χ2n) is 4.70. The second-order valence-corrected chi connectivity index (χ2v) is 4.70. The van der Waals surface area contributed by atoms with Gasteiger partial charge in [-0.05, 0) is 31.6 Å². The minimum absolute atomic E-state index is 0.0161. The fraction of sp³-hybridized carbons (Fsp3) is 0.769. The lowest BCUT2D eigenvalue weighted by atomic mass is 9.92. The van der Waals surface area contributed by atoms with Crippen molar-refractivity contribution in [1.29, 1.82) is 0 Å². The SMILES string of the molecule is C#CCN(CC1CC1)C(=O)C(N)(CC)CC. The zero-order chi connectivity index (χ0) is 12.2. The molecule has 3 nitrogen and oxygen atoms in total. The van der Waals surface area contributed by atoms with Gasteiger partial charge in [-0.3, -0.25) is 4.79 Å². The highest BCUT2D eigenvalue weighted by Gasteiger charge is 2.36. The summed E-state index contributed by atoms with van der Waals surface area (Å²) in [5.74, 6) is 3.22. The molecule has 0 aromatic rings. The summed E-state index contributed by atoms with van der Waals surface area (Å²) in [7, 11) is 0. The van der Waals surface area contributed by atoms with Crippen LogP contribution in [0.5, 0.6) is 0 Å². The van der Waals surface area contributed by atoms with E-state index in [9.17, 15) is 4.79 Å². The van der Waals surface area contributed by atoms with Gasteiger partial charge in [-0.2, -0.15) is 0 Å². The quantitative estimate of drug-likeness (QED) is 0.690. The summed E-state index contributed by atoms with van der Waals surface area (Å²) in [4.78, 5) is 14.0. The van der Waals surface area contributed by atoms with Crippen molar-refractivity contribution in [3.05, 3.63) is 0 Å². The molecular weight excluding hydrogens is 200 g/mol. The topological polar surface area (TPSA) is 46.3 Å². The van der Waals surface area contributed by atoms with Crippen LogP contribution < -0.4 is 5.73 Å². The molecule has 2 N–H and O–H groups in total. The van der Waals surface area contributed by atoms with Crippen molar-refractivity contribution >= 4 is 5.91 Å². The van der Waals surface area contributed by atoms with Crippen LogP contribution in [0, 0.1) is 18.3 Å². The Morgan fingerprint density at radius 3 is 2.44 bits per heavy atom. The molecule has 1 aliphatic rings. The van der Waals surface area contributed by atoms with E-state index in [1.807, 2.05) is 13.8 Å².